The van der Waals surface area contributed by atoms with Gasteiger partial charge >= 0.3 is 6.09 Å². The molecule has 1 saturated heterocycles. The van der Waals surface area contributed by atoms with Crippen molar-refractivity contribution in [2.75, 3.05) is 19.7 Å². The van der Waals surface area contributed by atoms with E-state index in [4.69, 9.17) is 16.3 Å². The molecule has 1 aliphatic heterocycles. The lowest BCUT2D eigenvalue weighted by Crippen LogP contribution is -2.35. The third-order valence-corrected chi connectivity index (χ3v) is 3.88. The van der Waals surface area contributed by atoms with Crippen LogP contribution in [0.4, 0.5) is 4.79 Å². The molecule has 2 rings (SSSR count). The van der Waals surface area contributed by atoms with Gasteiger partial charge in [-0.05, 0) is 38.5 Å². The third-order valence-electron chi connectivity index (χ3n) is 3.63. The van der Waals surface area contributed by atoms with Gasteiger partial charge in [0.25, 0.3) is 0 Å². The smallest absolute Gasteiger partial charge is 0.410 e. The molecule has 0 aliphatic carbocycles. The lowest BCUT2D eigenvalue weighted by molar-refractivity contribution is 0.0283. The zero-order valence-electron chi connectivity index (χ0n) is 12.7. The highest BCUT2D eigenvalue weighted by Gasteiger charge is 2.37. The van der Waals surface area contributed by atoms with Crippen LogP contribution >= 0.6 is 11.6 Å². The van der Waals surface area contributed by atoms with Crippen LogP contribution in [0.25, 0.3) is 0 Å². The normalized spacial score (nSPS) is 22.4. The second kappa shape index (κ2) is 6.24. The second-order valence-electron chi connectivity index (χ2n) is 6.49. The fourth-order valence-corrected chi connectivity index (χ4v) is 2.75. The van der Waals surface area contributed by atoms with E-state index in [2.05, 4.69) is 0 Å². The quantitative estimate of drug-likeness (QED) is 0.912. The van der Waals surface area contributed by atoms with Crippen molar-refractivity contribution in [1.82, 2.24) is 4.90 Å². The fraction of sp³-hybridized carbons (Fsp3) is 0.562. The maximum atomic E-state index is 12.2. The molecule has 1 N–H and O–H groups in total. The Kier molecular flexibility index (Phi) is 4.79. The number of amides is 1. The van der Waals surface area contributed by atoms with Gasteiger partial charge in [0.15, 0.2) is 0 Å². The molecule has 2 atom stereocenters. The molecular formula is C16H22ClNO3. The molecule has 1 amide bonds. The molecule has 0 saturated carbocycles. The van der Waals surface area contributed by atoms with Gasteiger partial charge in [0.1, 0.15) is 5.60 Å². The molecule has 116 valence electrons. The molecule has 5 heteroatoms. The molecule has 0 unspecified atom stereocenters. The van der Waals surface area contributed by atoms with Crippen LogP contribution in [0.15, 0.2) is 24.3 Å². The SMILES string of the molecule is CC(C)(C)OC(=O)N1C[C@@H](CO)[C@H](c2ccc(Cl)cc2)C1. The van der Waals surface area contributed by atoms with Crippen molar-refractivity contribution in [3.63, 3.8) is 0 Å². The van der Waals surface area contributed by atoms with E-state index >= 15 is 0 Å². The lowest BCUT2D eigenvalue weighted by Gasteiger charge is -2.24. The van der Waals surface area contributed by atoms with Gasteiger partial charge in [-0.25, -0.2) is 4.79 Å². The van der Waals surface area contributed by atoms with Crippen molar-refractivity contribution in [2.24, 2.45) is 5.92 Å². The average Bonchev–Trinajstić information content (AvgIpc) is 2.82. The molecule has 0 spiro atoms. The summed E-state index contributed by atoms with van der Waals surface area (Å²) >= 11 is 5.91. The molecule has 0 radical (unpaired) electrons. The van der Waals surface area contributed by atoms with Gasteiger partial charge in [0.05, 0.1) is 0 Å². The van der Waals surface area contributed by atoms with E-state index in [1.165, 1.54) is 0 Å². The van der Waals surface area contributed by atoms with Crippen molar-refractivity contribution >= 4 is 17.7 Å². The van der Waals surface area contributed by atoms with Gasteiger partial charge < -0.3 is 14.7 Å². The Morgan fingerprint density at radius 1 is 1.33 bits per heavy atom. The Morgan fingerprint density at radius 3 is 2.48 bits per heavy atom. The van der Waals surface area contributed by atoms with Crippen molar-refractivity contribution in [1.29, 1.82) is 0 Å². The van der Waals surface area contributed by atoms with Crippen LogP contribution in [-0.4, -0.2) is 41.4 Å². The molecule has 1 heterocycles. The van der Waals surface area contributed by atoms with Gasteiger partial charge in [-0.3, -0.25) is 0 Å². The number of rotatable bonds is 2. The van der Waals surface area contributed by atoms with Crippen LogP contribution in [0, 0.1) is 5.92 Å². The number of nitrogens with zero attached hydrogens (tertiary/aromatic N) is 1. The van der Waals surface area contributed by atoms with E-state index in [9.17, 15) is 9.90 Å². The number of aliphatic hydroxyl groups is 1. The predicted octanol–water partition coefficient (Wildman–Crippen LogP) is 3.28. The number of benzene rings is 1. The highest BCUT2D eigenvalue weighted by molar-refractivity contribution is 6.30. The van der Waals surface area contributed by atoms with Gasteiger partial charge in [0, 0.05) is 36.6 Å². The molecule has 21 heavy (non-hydrogen) atoms. The average molecular weight is 312 g/mol. The first kappa shape index (κ1) is 16.1. The summed E-state index contributed by atoms with van der Waals surface area (Å²) in [4.78, 5) is 13.8. The fourth-order valence-electron chi connectivity index (χ4n) is 2.62. The maximum Gasteiger partial charge on any atom is 0.410 e. The van der Waals surface area contributed by atoms with Gasteiger partial charge in [-0.1, -0.05) is 23.7 Å². The van der Waals surface area contributed by atoms with E-state index in [0.29, 0.717) is 18.1 Å². The van der Waals surface area contributed by atoms with Gasteiger partial charge in [-0.2, -0.15) is 0 Å². The Morgan fingerprint density at radius 2 is 1.95 bits per heavy atom. The first-order valence-corrected chi connectivity index (χ1v) is 7.52. The Balaban J connectivity index is 2.10. The van der Waals surface area contributed by atoms with Crippen molar-refractivity contribution in [3.8, 4) is 0 Å². The molecule has 4 nitrogen and oxygen atoms in total. The minimum absolute atomic E-state index is 0.0266. The Labute approximate surface area is 130 Å². The standard InChI is InChI=1S/C16H22ClNO3/c1-16(2,3)21-15(20)18-8-12(10-19)14(9-18)11-4-6-13(17)7-5-11/h4-7,12,14,19H,8-10H2,1-3H3/t12-,14-/m0/s1. The van der Waals surface area contributed by atoms with Gasteiger partial charge in [0.2, 0.25) is 0 Å². The molecular weight excluding hydrogens is 290 g/mol. The molecule has 1 aromatic carbocycles. The third kappa shape index (κ3) is 4.11. The summed E-state index contributed by atoms with van der Waals surface area (Å²) in [7, 11) is 0. The van der Waals surface area contributed by atoms with E-state index in [0.717, 1.165) is 5.56 Å². The van der Waals surface area contributed by atoms with Crippen molar-refractivity contribution in [3.05, 3.63) is 34.9 Å². The van der Waals surface area contributed by atoms with Crippen LogP contribution in [-0.2, 0) is 4.74 Å². The number of carbonyl (C=O) groups is 1. The van der Waals surface area contributed by atoms with Crippen molar-refractivity contribution in [2.45, 2.75) is 32.3 Å². The number of hydrogen-bond acceptors (Lipinski definition) is 3. The molecule has 1 fully saturated rings. The van der Waals surface area contributed by atoms with Crippen LogP contribution in [0.1, 0.15) is 32.3 Å². The Bertz CT molecular complexity index is 495. The summed E-state index contributed by atoms with van der Waals surface area (Å²) < 4.78 is 5.40. The summed E-state index contributed by atoms with van der Waals surface area (Å²) in [6, 6.07) is 7.57. The summed E-state index contributed by atoms with van der Waals surface area (Å²) in [6.07, 6.45) is -0.322. The van der Waals surface area contributed by atoms with E-state index in [-0.39, 0.29) is 24.5 Å². The monoisotopic (exact) mass is 311 g/mol. The topological polar surface area (TPSA) is 49.8 Å². The summed E-state index contributed by atoms with van der Waals surface area (Å²) in [5.74, 6) is 0.137. The first-order chi connectivity index (χ1) is 9.80. The number of carbonyl (C=O) groups excluding carboxylic acids is 1. The van der Waals surface area contributed by atoms with E-state index < -0.39 is 5.60 Å². The van der Waals surface area contributed by atoms with E-state index in [1.807, 2.05) is 45.0 Å². The summed E-state index contributed by atoms with van der Waals surface area (Å²) in [6.45, 7) is 6.66. The number of aliphatic hydroxyl groups excluding tert-OH is 1. The molecule has 1 aromatic rings. The minimum Gasteiger partial charge on any atom is -0.444 e. The lowest BCUT2D eigenvalue weighted by atomic mass is 9.90. The first-order valence-electron chi connectivity index (χ1n) is 7.14. The zero-order valence-corrected chi connectivity index (χ0v) is 13.4. The minimum atomic E-state index is -0.510. The van der Waals surface area contributed by atoms with Gasteiger partial charge in [-0.15, -0.1) is 0 Å². The largest absolute Gasteiger partial charge is 0.444 e. The number of halogens is 1. The van der Waals surface area contributed by atoms with E-state index in [1.54, 1.807) is 4.90 Å². The zero-order chi connectivity index (χ0) is 15.6. The number of likely N-dealkylation sites (tertiary alicyclic amines) is 1. The highest BCUT2D eigenvalue weighted by atomic mass is 35.5. The van der Waals surface area contributed by atoms with Crippen LogP contribution in [0.2, 0.25) is 5.02 Å². The van der Waals surface area contributed by atoms with Crippen LogP contribution < -0.4 is 0 Å². The highest BCUT2D eigenvalue weighted by Crippen LogP contribution is 2.33. The van der Waals surface area contributed by atoms with Crippen LogP contribution in [0.5, 0.6) is 0 Å². The molecule has 0 bridgehead atoms. The number of hydrogen-bond donors (Lipinski definition) is 1. The second-order valence-corrected chi connectivity index (χ2v) is 6.92. The van der Waals surface area contributed by atoms with Crippen molar-refractivity contribution < 1.29 is 14.6 Å². The number of ether oxygens (including phenoxy) is 1. The Hall–Kier alpha value is -1.26. The molecule has 0 aromatic heterocycles. The predicted molar refractivity (Wildman–Crippen MR) is 82.6 cm³/mol. The summed E-state index contributed by atoms with van der Waals surface area (Å²) in [5, 5.41) is 10.3. The van der Waals surface area contributed by atoms with Crippen LogP contribution in [0.3, 0.4) is 0 Å². The molecule has 1 aliphatic rings. The summed E-state index contributed by atoms with van der Waals surface area (Å²) in [5.41, 5.74) is 0.578. The maximum absolute atomic E-state index is 12.2.